The Kier molecular flexibility index (Phi) is 4.23. The van der Waals surface area contributed by atoms with Crippen LogP contribution in [0.15, 0.2) is 42.5 Å². The molecule has 98 valence electrons. The molecule has 0 saturated carbocycles. The molecule has 2 rings (SSSR count). The number of carbonyl (C=O) groups excluding carboxylic acids is 1. The van der Waals surface area contributed by atoms with Crippen molar-refractivity contribution in [3.8, 4) is 5.75 Å². The van der Waals surface area contributed by atoms with Crippen molar-refractivity contribution in [2.75, 3.05) is 0 Å². The third-order valence-electron chi connectivity index (χ3n) is 2.86. The molecule has 0 unspecified atom stereocenters. The SMILES string of the molecule is CC(=O)c1cccc(C)c1OCc1cccc(Cl)c1. The predicted octanol–water partition coefficient (Wildman–Crippen LogP) is 4.43. The van der Waals surface area contributed by atoms with E-state index in [1.165, 1.54) is 0 Å². The predicted molar refractivity (Wildman–Crippen MR) is 77.0 cm³/mol. The topological polar surface area (TPSA) is 26.3 Å². The average molecular weight is 275 g/mol. The first kappa shape index (κ1) is 13.6. The van der Waals surface area contributed by atoms with Crippen LogP contribution in [0.4, 0.5) is 0 Å². The Hall–Kier alpha value is -1.80. The van der Waals surface area contributed by atoms with Gasteiger partial charge in [0.1, 0.15) is 12.4 Å². The number of aryl methyl sites for hydroxylation is 1. The lowest BCUT2D eigenvalue weighted by atomic mass is 10.1. The van der Waals surface area contributed by atoms with Crippen molar-refractivity contribution in [3.05, 3.63) is 64.2 Å². The molecule has 19 heavy (non-hydrogen) atoms. The van der Waals surface area contributed by atoms with E-state index >= 15 is 0 Å². The minimum absolute atomic E-state index is 0.00444. The van der Waals surface area contributed by atoms with Gasteiger partial charge in [-0.3, -0.25) is 4.79 Å². The molecule has 0 aromatic heterocycles. The Morgan fingerprint density at radius 2 is 1.95 bits per heavy atom. The van der Waals surface area contributed by atoms with Gasteiger partial charge in [-0.1, -0.05) is 35.9 Å². The first-order valence-corrected chi connectivity index (χ1v) is 6.43. The summed E-state index contributed by atoms with van der Waals surface area (Å²) in [5.41, 5.74) is 2.54. The van der Waals surface area contributed by atoms with Crippen molar-refractivity contribution in [1.82, 2.24) is 0 Å². The standard InChI is InChI=1S/C16H15ClO2/c1-11-5-3-8-15(12(2)18)16(11)19-10-13-6-4-7-14(17)9-13/h3-9H,10H2,1-2H3. The van der Waals surface area contributed by atoms with Gasteiger partial charge >= 0.3 is 0 Å². The molecule has 0 amide bonds. The van der Waals surface area contributed by atoms with Gasteiger partial charge in [-0.15, -0.1) is 0 Å². The van der Waals surface area contributed by atoms with Gasteiger partial charge in [-0.25, -0.2) is 0 Å². The number of benzene rings is 2. The van der Waals surface area contributed by atoms with Crippen molar-refractivity contribution in [3.63, 3.8) is 0 Å². The zero-order valence-electron chi connectivity index (χ0n) is 10.9. The molecule has 0 aliphatic carbocycles. The van der Waals surface area contributed by atoms with Gasteiger partial charge < -0.3 is 4.74 Å². The first-order valence-electron chi connectivity index (χ1n) is 6.05. The molecule has 0 bridgehead atoms. The molecule has 0 heterocycles. The van der Waals surface area contributed by atoms with E-state index in [0.29, 0.717) is 22.9 Å². The summed E-state index contributed by atoms with van der Waals surface area (Å²) in [7, 11) is 0. The van der Waals surface area contributed by atoms with Crippen LogP contribution in [0.25, 0.3) is 0 Å². The molecule has 0 aliphatic rings. The van der Waals surface area contributed by atoms with E-state index in [4.69, 9.17) is 16.3 Å². The molecule has 2 nitrogen and oxygen atoms in total. The summed E-state index contributed by atoms with van der Waals surface area (Å²) < 4.78 is 5.79. The van der Waals surface area contributed by atoms with Crippen LogP contribution in [-0.2, 0) is 6.61 Å². The maximum atomic E-state index is 11.6. The number of ketones is 1. The normalized spacial score (nSPS) is 10.3. The summed E-state index contributed by atoms with van der Waals surface area (Å²) in [6.45, 7) is 3.87. The Morgan fingerprint density at radius 1 is 1.21 bits per heavy atom. The molecule has 0 fully saturated rings. The minimum Gasteiger partial charge on any atom is -0.488 e. The summed E-state index contributed by atoms with van der Waals surface area (Å²) in [5.74, 6) is 0.653. The van der Waals surface area contributed by atoms with E-state index in [1.54, 1.807) is 13.0 Å². The highest BCUT2D eigenvalue weighted by Gasteiger charge is 2.10. The molecule has 0 saturated heterocycles. The highest BCUT2D eigenvalue weighted by Crippen LogP contribution is 2.25. The van der Waals surface area contributed by atoms with Gasteiger partial charge in [-0.2, -0.15) is 0 Å². The molecule has 0 spiro atoms. The number of halogens is 1. The van der Waals surface area contributed by atoms with Gasteiger partial charge in [0.15, 0.2) is 5.78 Å². The fraction of sp³-hybridized carbons (Fsp3) is 0.188. The van der Waals surface area contributed by atoms with E-state index in [2.05, 4.69) is 0 Å². The van der Waals surface area contributed by atoms with Gasteiger partial charge in [0, 0.05) is 5.02 Å². The third-order valence-corrected chi connectivity index (χ3v) is 3.10. The van der Waals surface area contributed by atoms with Gasteiger partial charge in [-0.05, 0) is 43.2 Å². The van der Waals surface area contributed by atoms with Crippen molar-refractivity contribution in [2.24, 2.45) is 0 Å². The highest BCUT2D eigenvalue weighted by atomic mass is 35.5. The second kappa shape index (κ2) is 5.89. The third kappa shape index (κ3) is 3.36. The molecule has 0 N–H and O–H groups in total. The van der Waals surface area contributed by atoms with Gasteiger partial charge in [0.05, 0.1) is 5.56 Å². The second-order valence-electron chi connectivity index (χ2n) is 4.43. The van der Waals surface area contributed by atoms with E-state index in [-0.39, 0.29) is 5.78 Å². The smallest absolute Gasteiger partial charge is 0.163 e. The molecule has 0 radical (unpaired) electrons. The molecular formula is C16H15ClO2. The average Bonchev–Trinajstić information content (AvgIpc) is 2.37. The molecular weight excluding hydrogens is 260 g/mol. The van der Waals surface area contributed by atoms with Crippen molar-refractivity contribution in [1.29, 1.82) is 0 Å². The van der Waals surface area contributed by atoms with E-state index in [1.807, 2.05) is 43.3 Å². The summed E-state index contributed by atoms with van der Waals surface area (Å²) >= 11 is 5.93. The van der Waals surface area contributed by atoms with Crippen LogP contribution < -0.4 is 4.74 Å². The van der Waals surface area contributed by atoms with E-state index in [0.717, 1.165) is 11.1 Å². The summed E-state index contributed by atoms with van der Waals surface area (Å²) in [6, 6.07) is 13.1. The minimum atomic E-state index is 0.00444. The Bertz CT molecular complexity index is 605. The first-order chi connectivity index (χ1) is 9.08. The summed E-state index contributed by atoms with van der Waals surface area (Å²) in [4.78, 5) is 11.6. The summed E-state index contributed by atoms with van der Waals surface area (Å²) in [6.07, 6.45) is 0. The maximum absolute atomic E-state index is 11.6. The van der Waals surface area contributed by atoms with Crippen LogP contribution in [0.1, 0.15) is 28.4 Å². The van der Waals surface area contributed by atoms with Crippen LogP contribution in [0, 0.1) is 6.92 Å². The quantitative estimate of drug-likeness (QED) is 0.771. The second-order valence-corrected chi connectivity index (χ2v) is 4.86. The van der Waals surface area contributed by atoms with Crippen LogP contribution >= 0.6 is 11.6 Å². The largest absolute Gasteiger partial charge is 0.488 e. The molecule has 2 aromatic rings. The van der Waals surface area contributed by atoms with Crippen molar-refractivity contribution in [2.45, 2.75) is 20.5 Å². The molecule has 0 atom stereocenters. The highest BCUT2D eigenvalue weighted by molar-refractivity contribution is 6.30. The number of Topliss-reactive ketones (excluding diaryl/α,β-unsaturated/α-hetero) is 1. The van der Waals surface area contributed by atoms with Crippen LogP contribution in [0.2, 0.25) is 5.02 Å². The van der Waals surface area contributed by atoms with Gasteiger partial charge in [0.25, 0.3) is 0 Å². The number of rotatable bonds is 4. The monoisotopic (exact) mass is 274 g/mol. The van der Waals surface area contributed by atoms with Crippen molar-refractivity contribution >= 4 is 17.4 Å². The lowest BCUT2D eigenvalue weighted by Gasteiger charge is -2.12. The zero-order chi connectivity index (χ0) is 13.8. The van der Waals surface area contributed by atoms with Crippen molar-refractivity contribution < 1.29 is 9.53 Å². The number of ether oxygens (including phenoxy) is 1. The number of para-hydroxylation sites is 1. The zero-order valence-corrected chi connectivity index (χ0v) is 11.7. The van der Waals surface area contributed by atoms with E-state index in [9.17, 15) is 4.79 Å². The summed E-state index contributed by atoms with van der Waals surface area (Å²) in [5, 5.41) is 0.678. The number of hydrogen-bond donors (Lipinski definition) is 0. The van der Waals surface area contributed by atoms with Crippen LogP contribution in [0.5, 0.6) is 5.75 Å². The number of hydrogen-bond acceptors (Lipinski definition) is 2. The lowest BCUT2D eigenvalue weighted by molar-refractivity contribution is 0.101. The van der Waals surface area contributed by atoms with Crippen LogP contribution in [-0.4, -0.2) is 5.78 Å². The molecule has 2 aromatic carbocycles. The van der Waals surface area contributed by atoms with Crippen LogP contribution in [0.3, 0.4) is 0 Å². The number of carbonyl (C=O) groups is 1. The Balaban J connectivity index is 2.22. The van der Waals surface area contributed by atoms with E-state index < -0.39 is 0 Å². The molecule has 3 heteroatoms. The Labute approximate surface area is 118 Å². The molecule has 0 aliphatic heterocycles. The maximum Gasteiger partial charge on any atom is 0.163 e. The Morgan fingerprint density at radius 3 is 2.63 bits per heavy atom. The fourth-order valence-corrected chi connectivity index (χ4v) is 2.12. The van der Waals surface area contributed by atoms with Gasteiger partial charge in [0.2, 0.25) is 0 Å². The fourth-order valence-electron chi connectivity index (χ4n) is 1.90. The lowest BCUT2D eigenvalue weighted by Crippen LogP contribution is -2.03.